The molecule has 3 heterocycles. The van der Waals surface area contributed by atoms with Crippen LogP contribution in [0.5, 0.6) is 0 Å². The molecular weight excluding hydrogens is 304 g/mol. The van der Waals surface area contributed by atoms with Crippen LogP contribution in [0.3, 0.4) is 0 Å². The van der Waals surface area contributed by atoms with Crippen LogP contribution in [-0.4, -0.2) is 9.97 Å². The molecule has 0 aliphatic carbocycles. The molecule has 5 aromatic rings. The monoisotopic (exact) mass is 316 g/mol. The zero-order valence-electron chi connectivity index (χ0n) is 12.4. The van der Waals surface area contributed by atoms with Crippen LogP contribution in [0.2, 0.25) is 0 Å². The summed E-state index contributed by atoms with van der Waals surface area (Å²) in [6.07, 6.45) is 1.80. The number of fused-ring (bicyclic) bond motifs is 5. The Balaban J connectivity index is 1.94. The van der Waals surface area contributed by atoms with Gasteiger partial charge in [-0.2, -0.15) is 0 Å². The standard InChI is InChI=1S/C19H12N2OS/c1-11-21-17-16(23-11)9-8-13-12-5-4-6-14(18(12)22-19(13)17)15-7-2-3-10-20-15/h2-10H,1H3. The van der Waals surface area contributed by atoms with Gasteiger partial charge in [-0.1, -0.05) is 18.2 Å². The number of furan rings is 1. The SMILES string of the molecule is Cc1nc2c(ccc3c4cccc(-c5ccccn5)c4oc32)s1. The molecule has 3 nitrogen and oxygen atoms in total. The molecule has 0 saturated carbocycles. The first-order valence-electron chi connectivity index (χ1n) is 7.44. The van der Waals surface area contributed by atoms with Crippen molar-refractivity contribution in [3.05, 3.63) is 59.7 Å². The normalized spacial score (nSPS) is 11.7. The Bertz CT molecular complexity index is 1170. The van der Waals surface area contributed by atoms with Crippen molar-refractivity contribution in [1.82, 2.24) is 9.97 Å². The second-order valence-corrected chi connectivity index (χ2v) is 6.76. The fraction of sp³-hybridized carbons (Fsp3) is 0.0526. The molecule has 0 saturated heterocycles. The van der Waals surface area contributed by atoms with Crippen molar-refractivity contribution in [2.75, 3.05) is 0 Å². The molecule has 0 radical (unpaired) electrons. The van der Waals surface area contributed by atoms with Gasteiger partial charge in [0.2, 0.25) is 0 Å². The molecule has 0 unspecified atom stereocenters. The number of rotatable bonds is 1. The lowest BCUT2D eigenvalue weighted by molar-refractivity contribution is 0.672. The van der Waals surface area contributed by atoms with Gasteiger partial charge < -0.3 is 4.42 Å². The first kappa shape index (κ1) is 12.8. The van der Waals surface area contributed by atoms with Gasteiger partial charge in [0, 0.05) is 22.5 Å². The van der Waals surface area contributed by atoms with E-state index in [0.29, 0.717) is 0 Å². The minimum atomic E-state index is 0.866. The molecular formula is C19H12N2OS. The number of hydrogen-bond acceptors (Lipinski definition) is 4. The van der Waals surface area contributed by atoms with E-state index in [1.807, 2.05) is 25.1 Å². The zero-order chi connectivity index (χ0) is 15.4. The summed E-state index contributed by atoms with van der Waals surface area (Å²) < 4.78 is 7.43. The maximum absolute atomic E-state index is 6.27. The quantitative estimate of drug-likeness (QED) is 0.406. The van der Waals surface area contributed by atoms with Crippen molar-refractivity contribution < 1.29 is 4.42 Å². The summed E-state index contributed by atoms with van der Waals surface area (Å²) in [7, 11) is 0. The number of pyridine rings is 1. The molecule has 0 N–H and O–H groups in total. The third-order valence-electron chi connectivity index (χ3n) is 4.07. The van der Waals surface area contributed by atoms with Crippen LogP contribution in [0, 0.1) is 6.92 Å². The van der Waals surface area contributed by atoms with E-state index >= 15 is 0 Å². The smallest absolute Gasteiger partial charge is 0.162 e. The lowest BCUT2D eigenvalue weighted by Crippen LogP contribution is -1.81. The molecule has 5 rings (SSSR count). The van der Waals surface area contributed by atoms with Crippen LogP contribution < -0.4 is 0 Å². The highest BCUT2D eigenvalue weighted by molar-refractivity contribution is 7.18. The van der Waals surface area contributed by atoms with E-state index in [2.05, 4.69) is 40.3 Å². The number of hydrogen-bond donors (Lipinski definition) is 0. The number of aryl methyl sites for hydroxylation is 1. The first-order valence-corrected chi connectivity index (χ1v) is 8.26. The second-order valence-electron chi connectivity index (χ2n) is 5.52. The van der Waals surface area contributed by atoms with E-state index in [9.17, 15) is 0 Å². The van der Waals surface area contributed by atoms with Gasteiger partial charge in [0.15, 0.2) is 5.58 Å². The van der Waals surface area contributed by atoms with Crippen LogP contribution in [0.4, 0.5) is 0 Å². The van der Waals surface area contributed by atoms with Crippen LogP contribution in [-0.2, 0) is 0 Å². The highest BCUT2D eigenvalue weighted by Crippen LogP contribution is 2.38. The van der Waals surface area contributed by atoms with Gasteiger partial charge in [-0.15, -0.1) is 11.3 Å². The van der Waals surface area contributed by atoms with Gasteiger partial charge in [-0.3, -0.25) is 4.98 Å². The lowest BCUT2D eigenvalue weighted by atomic mass is 10.1. The Hall–Kier alpha value is -2.72. The van der Waals surface area contributed by atoms with Crippen molar-refractivity contribution in [3.63, 3.8) is 0 Å². The number of benzene rings is 2. The fourth-order valence-electron chi connectivity index (χ4n) is 3.08. The van der Waals surface area contributed by atoms with Gasteiger partial charge in [0.05, 0.1) is 15.4 Å². The molecule has 23 heavy (non-hydrogen) atoms. The summed E-state index contributed by atoms with van der Waals surface area (Å²) in [5.74, 6) is 0. The highest BCUT2D eigenvalue weighted by atomic mass is 32.1. The summed E-state index contributed by atoms with van der Waals surface area (Å²) in [5, 5.41) is 3.27. The average molecular weight is 316 g/mol. The third kappa shape index (κ3) is 1.82. The molecule has 4 heteroatoms. The van der Waals surface area contributed by atoms with Gasteiger partial charge in [-0.25, -0.2) is 4.98 Å². The Morgan fingerprint density at radius 2 is 1.83 bits per heavy atom. The van der Waals surface area contributed by atoms with Gasteiger partial charge in [-0.05, 0) is 37.3 Å². The van der Waals surface area contributed by atoms with Crippen molar-refractivity contribution in [2.45, 2.75) is 6.92 Å². The third-order valence-corrected chi connectivity index (χ3v) is 5.01. The minimum absolute atomic E-state index is 0.866. The number of aromatic nitrogens is 2. The van der Waals surface area contributed by atoms with Gasteiger partial charge >= 0.3 is 0 Å². The molecule has 110 valence electrons. The fourth-order valence-corrected chi connectivity index (χ4v) is 3.91. The van der Waals surface area contributed by atoms with Crippen LogP contribution in [0.15, 0.2) is 59.1 Å². The van der Waals surface area contributed by atoms with Crippen LogP contribution >= 0.6 is 11.3 Å². The highest BCUT2D eigenvalue weighted by Gasteiger charge is 2.16. The van der Waals surface area contributed by atoms with Crippen molar-refractivity contribution >= 4 is 43.5 Å². The Morgan fingerprint density at radius 1 is 0.913 bits per heavy atom. The first-order chi connectivity index (χ1) is 11.3. The van der Waals surface area contributed by atoms with E-state index in [-0.39, 0.29) is 0 Å². The Morgan fingerprint density at radius 3 is 2.70 bits per heavy atom. The molecule has 2 aromatic carbocycles. The van der Waals surface area contributed by atoms with Crippen molar-refractivity contribution in [1.29, 1.82) is 0 Å². The number of para-hydroxylation sites is 1. The molecule has 0 bridgehead atoms. The molecule has 0 atom stereocenters. The summed E-state index contributed by atoms with van der Waals surface area (Å²) in [6.45, 7) is 2.03. The number of thiazole rings is 1. The molecule has 0 fully saturated rings. The zero-order valence-corrected chi connectivity index (χ0v) is 13.2. The molecule has 0 aliphatic rings. The summed E-state index contributed by atoms with van der Waals surface area (Å²) in [6, 6.07) is 16.4. The van der Waals surface area contributed by atoms with Crippen LogP contribution in [0.1, 0.15) is 5.01 Å². The van der Waals surface area contributed by atoms with E-state index in [1.165, 1.54) is 0 Å². The maximum Gasteiger partial charge on any atom is 0.162 e. The molecule has 3 aromatic heterocycles. The van der Waals surface area contributed by atoms with Gasteiger partial charge in [0.25, 0.3) is 0 Å². The summed E-state index contributed by atoms with van der Waals surface area (Å²) in [5.41, 5.74) is 4.63. The van der Waals surface area contributed by atoms with Crippen LogP contribution in [0.25, 0.3) is 43.4 Å². The summed E-state index contributed by atoms with van der Waals surface area (Å²) >= 11 is 1.69. The van der Waals surface area contributed by atoms with E-state index in [0.717, 1.165) is 48.4 Å². The lowest BCUT2D eigenvalue weighted by Gasteiger charge is -2.00. The predicted molar refractivity (Wildman–Crippen MR) is 94.9 cm³/mol. The molecule has 0 spiro atoms. The second kappa shape index (κ2) is 4.64. The summed E-state index contributed by atoms with van der Waals surface area (Å²) in [4.78, 5) is 9.11. The molecule has 0 aliphatic heterocycles. The van der Waals surface area contributed by atoms with Gasteiger partial charge in [0.1, 0.15) is 11.1 Å². The topological polar surface area (TPSA) is 38.9 Å². The maximum atomic E-state index is 6.27. The van der Waals surface area contributed by atoms with E-state index in [1.54, 1.807) is 17.5 Å². The Kier molecular flexibility index (Phi) is 2.58. The minimum Gasteiger partial charge on any atom is -0.453 e. The average Bonchev–Trinajstić information content (AvgIpc) is 3.14. The van der Waals surface area contributed by atoms with E-state index in [4.69, 9.17) is 4.42 Å². The molecule has 0 amide bonds. The largest absolute Gasteiger partial charge is 0.453 e. The van der Waals surface area contributed by atoms with E-state index < -0.39 is 0 Å². The van der Waals surface area contributed by atoms with Crippen molar-refractivity contribution in [2.24, 2.45) is 0 Å². The van der Waals surface area contributed by atoms with Crippen molar-refractivity contribution in [3.8, 4) is 11.3 Å². The number of nitrogens with zero attached hydrogens (tertiary/aromatic N) is 2. The Labute approximate surface area is 136 Å². The predicted octanol–water partition coefficient (Wildman–Crippen LogP) is 5.57.